The van der Waals surface area contributed by atoms with E-state index in [9.17, 15) is 20.6 Å². The monoisotopic (exact) mass is 813 g/mol. The molecule has 60 heavy (non-hydrogen) atoms. The first-order valence-electron chi connectivity index (χ1n) is 22.5. The fourth-order valence-corrected chi connectivity index (χ4v) is 9.12. The highest BCUT2D eigenvalue weighted by atomic mass is 19.1. The predicted octanol–water partition coefficient (Wildman–Crippen LogP) is 12.4. The average Bonchev–Trinajstić information content (AvgIpc) is 3.24. The number of benzene rings is 3. The highest BCUT2D eigenvalue weighted by molar-refractivity contribution is 5.87. The number of nitrogens with zero attached hydrogens (tertiary/aromatic N) is 3. The molecule has 1 aliphatic carbocycles. The molecule has 5 rings (SSSR count). The molecule has 1 aliphatic heterocycles. The molecule has 2 aliphatic rings. The van der Waals surface area contributed by atoms with Crippen LogP contribution < -0.4 is 10.1 Å². The number of ether oxygens (including phenoxy) is 2. The van der Waals surface area contributed by atoms with Gasteiger partial charge >= 0.3 is 5.97 Å². The van der Waals surface area contributed by atoms with Crippen molar-refractivity contribution in [3.63, 3.8) is 0 Å². The molecule has 0 radical (unpaired) electrons. The van der Waals surface area contributed by atoms with Gasteiger partial charge in [0.2, 0.25) is 0 Å². The summed E-state index contributed by atoms with van der Waals surface area (Å²) in [5.74, 6) is 1.26. The minimum atomic E-state index is -0.767. The summed E-state index contributed by atoms with van der Waals surface area (Å²) >= 11 is 0. The second kappa shape index (κ2) is 23.1. The van der Waals surface area contributed by atoms with E-state index in [1.54, 1.807) is 13.0 Å². The van der Waals surface area contributed by atoms with Crippen LogP contribution in [-0.2, 0) is 28.8 Å². The lowest BCUT2D eigenvalue weighted by molar-refractivity contribution is -0.143. The zero-order chi connectivity index (χ0) is 42.9. The molecule has 2 unspecified atom stereocenters. The Balaban J connectivity index is 1.46. The van der Waals surface area contributed by atoms with E-state index in [-0.39, 0.29) is 31.5 Å². The number of nitriles is 3. The average molecular weight is 813 g/mol. The molecular formula is C52H65FN4O3. The smallest absolute Gasteiger partial charge is 0.333 e. The van der Waals surface area contributed by atoms with Gasteiger partial charge in [0.25, 0.3) is 0 Å². The largest absolute Gasteiger partial charge is 0.492 e. The highest BCUT2D eigenvalue weighted by Crippen LogP contribution is 2.41. The first-order valence-corrected chi connectivity index (χ1v) is 22.5. The number of rotatable bonds is 23. The lowest BCUT2D eigenvalue weighted by Gasteiger charge is -2.38. The number of halogens is 1. The van der Waals surface area contributed by atoms with Gasteiger partial charge in [-0.1, -0.05) is 76.4 Å². The zero-order valence-electron chi connectivity index (χ0n) is 36.4. The van der Waals surface area contributed by atoms with Crippen LogP contribution in [0.2, 0.25) is 0 Å². The van der Waals surface area contributed by atoms with Crippen molar-refractivity contribution in [2.45, 2.75) is 148 Å². The second-order valence-electron chi connectivity index (χ2n) is 17.4. The number of nitrogens with one attached hydrogen (secondary N) is 1. The first-order chi connectivity index (χ1) is 29.1. The van der Waals surface area contributed by atoms with Gasteiger partial charge in [0.15, 0.2) is 0 Å². The van der Waals surface area contributed by atoms with E-state index in [1.165, 1.54) is 38.5 Å². The summed E-state index contributed by atoms with van der Waals surface area (Å²) in [6.07, 6.45) is 15.6. The Labute approximate surface area is 359 Å². The van der Waals surface area contributed by atoms with Crippen molar-refractivity contribution >= 4 is 5.97 Å². The van der Waals surface area contributed by atoms with Crippen LogP contribution in [0.25, 0.3) is 22.3 Å². The number of carbonyl (C=O) groups excluding carboxylic acids is 1. The maximum Gasteiger partial charge on any atom is 0.333 e. The van der Waals surface area contributed by atoms with Crippen LogP contribution in [-0.4, -0.2) is 31.8 Å². The standard InChI is InChI=1S/C52H65FN4O3/c1-5-7-8-13-38-16-18-40(19-17-38)41-20-23-48(49(53)33-41)42-21-22-47(39(6-2)30-42)45-31-43(14-9-11-26-54)50(44(32-45)15-10-12-27-55)59-35-52(25-28-56,34-46-24-29-57-46)36-60-51(58)37(3)4/h20-23,30-33,38,40,46,57H,3,5-19,24-25,29,34-36H2,1-2,4H3. The molecule has 0 aromatic heterocycles. The first kappa shape index (κ1) is 46.1. The molecule has 3 aromatic rings. The fraction of sp³-hybridized carbons (Fsp3) is 0.538. The third-order valence-electron chi connectivity index (χ3n) is 12.8. The van der Waals surface area contributed by atoms with E-state index >= 15 is 4.39 Å². The summed E-state index contributed by atoms with van der Waals surface area (Å²) in [5, 5.41) is 32.4. The molecule has 0 amide bonds. The molecule has 1 heterocycles. The van der Waals surface area contributed by atoms with Gasteiger partial charge in [0.1, 0.15) is 18.2 Å². The van der Waals surface area contributed by atoms with Crippen molar-refractivity contribution in [2.75, 3.05) is 19.8 Å². The summed E-state index contributed by atoms with van der Waals surface area (Å²) in [5.41, 5.74) is 7.14. The number of unbranched alkanes of at least 4 members (excludes halogenated alkanes) is 4. The van der Waals surface area contributed by atoms with E-state index in [0.717, 1.165) is 77.1 Å². The Hall–Kier alpha value is -4.97. The van der Waals surface area contributed by atoms with Crippen molar-refractivity contribution in [3.8, 4) is 46.2 Å². The Morgan fingerprint density at radius 1 is 0.833 bits per heavy atom. The second-order valence-corrected chi connectivity index (χ2v) is 17.4. The van der Waals surface area contributed by atoms with Crippen LogP contribution in [0.15, 0.2) is 60.7 Å². The molecule has 2 atom stereocenters. The van der Waals surface area contributed by atoms with Gasteiger partial charge in [-0.15, -0.1) is 0 Å². The summed E-state index contributed by atoms with van der Waals surface area (Å²) in [7, 11) is 0. The van der Waals surface area contributed by atoms with Gasteiger partial charge < -0.3 is 14.8 Å². The van der Waals surface area contributed by atoms with Gasteiger partial charge in [-0.05, 0) is 153 Å². The van der Waals surface area contributed by atoms with Gasteiger partial charge in [-0.25, -0.2) is 9.18 Å². The van der Waals surface area contributed by atoms with E-state index in [1.807, 2.05) is 12.1 Å². The Morgan fingerprint density at radius 2 is 1.50 bits per heavy atom. The lowest BCUT2D eigenvalue weighted by Crippen LogP contribution is -2.49. The van der Waals surface area contributed by atoms with Crippen LogP contribution >= 0.6 is 0 Å². The SMILES string of the molecule is C=C(C)C(=O)OCC(CC#N)(COc1c(CCCC#N)cc(-c2ccc(-c3ccc(C4CCC(CCCCC)CC4)cc3F)cc2CC)cc1CCCC#N)CC1CCN1. The van der Waals surface area contributed by atoms with Gasteiger partial charge in [-0.2, -0.15) is 15.8 Å². The van der Waals surface area contributed by atoms with E-state index in [2.05, 4.69) is 74.3 Å². The van der Waals surface area contributed by atoms with Gasteiger partial charge in [0, 0.05) is 36.4 Å². The maximum absolute atomic E-state index is 16.0. The van der Waals surface area contributed by atoms with Crippen molar-refractivity contribution in [1.82, 2.24) is 5.32 Å². The summed E-state index contributed by atoms with van der Waals surface area (Å²) in [6.45, 7) is 10.8. The van der Waals surface area contributed by atoms with E-state index in [0.29, 0.717) is 67.7 Å². The molecule has 1 saturated carbocycles. The fourth-order valence-electron chi connectivity index (χ4n) is 9.12. The number of carbonyl (C=O) groups is 1. The Morgan fingerprint density at radius 3 is 2.07 bits per heavy atom. The van der Waals surface area contributed by atoms with Crippen LogP contribution in [0.1, 0.15) is 145 Å². The molecule has 1 N–H and O–H groups in total. The molecule has 2 fully saturated rings. The van der Waals surface area contributed by atoms with Crippen molar-refractivity contribution in [1.29, 1.82) is 15.8 Å². The summed E-state index contributed by atoms with van der Waals surface area (Å²) < 4.78 is 28.5. The number of hydrogen-bond donors (Lipinski definition) is 1. The van der Waals surface area contributed by atoms with E-state index in [4.69, 9.17) is 9.47 Å². The van der Waals surface area contributed by atoms with E-state index < -0.39 is 11.4 Å². The quantitative estimate of drug-likeness (QED) is 0.0575. The lowest BCUT2D eigenvalue weighted by atomic mass is 9.77. The minimum Gasteiger partial charge on any atom is -0.492 e. The van der Waals surface area contributed by atoms with Gasteiger partial charge in [0.05, 0.1) is 30.2 Å². The Kier molecular flexibility index (Phi) is 17.8. The molecule has 1 saturated heterocycles. The topological polar surface area (TPSA) is 119 Å². The Bertz CT molecular complexity index is 2000. The molecule has 8 heteroatoms. The minimum absolute atomic E-state index is 0.0196. The normalized spacial score (nSPS) is 18.2. The van der Waals surface area contributed by atoms with Gasteiger partial charge in [-0.3, -0.25) is 0 Å². The molecule has 0 bridgehead atoms. The van der Waals surface area contributed by atoms with Crippen molar-refractivity contribution in [2.24, 2.45) is 11.3 Å². The maximum atomic E-state index is 16.0. The molecular weight excluding hydrogens is 748 g/mol. The number of hydrogen-bond acceptors (Lipinski definition) is 7. The molecule has 3 aromatic carbocycles. The summed E-state index contributed by atoms with van der Waals surface area (Å²) in [4.78, 5) is 12.6. The predicted molar refractivity (Wildman–Crippen MR) is 238 cm³/mol. The molecule has 0 spiro atoms. The molecule has 7 nitrogen and oxygen atoms in total. The number of esters is 1. The van der Waals surface area contributed by atoms with Crippen LogP contribution in [0.3, 0.4) is 0 Å². The third kappa shape index (κ3) is 12.5. The molecule has 318 valence electrons. The van der Waals surface area contributed by atoms with Crippen LogP contribution in [0, 0.1) is 51.1 Å². The van der Waals surface area contributed by atoms with Crippen LogP contribution in [0.5, 0.6) is 5.75 Å². The third-order valence-corrected chi connectivity index (χ3v) is 12.8. The summed E-state index contributed by atoms with van der Waals surface area (Å²) in [6, 6.07) is 23.4. The van der Waals surface area contributed by atoms with Crippen LogP contribution in [0.4, 0.5) is 4.39 Å². The highest BCUT2D eigenvalue weighted by Gasteiger charge is 2.38. The van der Waals surface area contributed by atoms with Crippen molar-refractivity contribution in [3.05, 3.63) is 88.8 Å². The zero-order valence-corrected chi connectivity index (χ0v) is 36.4. The van der Waals surface area contributed by atoms with Crippen molar-refractivity contribution < 1.29 is 18.7 Å². The number of aryl methyl sites for hydroxylation is 3.